The SMILES string of the molecule is Cc1nc(CN(C)S(=O)(=O)c2cc(N)ccc2Br)cs1. The Morgan fingerprint density at radius 2 is 2.15 bits per heavy atom. The molecule has 0 radical (unpaired) electrons. The molecule has 1 aromatic heterocycles. The first-order valence-electron chi connectivity index (χ1n) is 5.73. The van der Waals surface area contributed by atoms with Crippen molar-refractivity contribution in [3.63, 3.8) is 0 Å². The first-order chi connectivity index (χ1) is 9.30. The standard InChI is InChI=1S/C12H14BrN3O2S2/c1-8-15-10(7-19-8)6-16(2)20(17,18)12-5-9(14)3-4-11(12)13/h3-5,7H,6,14H2,1-2H3. The van der Waals surface area contributed by atoms with Crippen LogP contribution in [0.5, 0.6) is 0 Å². The number of hydrogen-bond acceptors (Lipinski definition) is 5. The Balaban J connectivity index is 2.32. The number of thiazole rings is 1. The molecule has 0 fully saturated rings. The highest BCUT2D eigenvalue weighted by molar-refractivity contribution is 9.10. The summed E-state index contributed by atoms with van der Waals surface area (Å²) in [4.78, 5) is 4.43. The average Bonchev–Trinajstić information content (AvgIpc) is 2.77. The highest BCUT2D eigenvalue weighted by Crippen LogP contribution is 2.27. The van der Waals surface area contributed by atoms with Crippen molar-refractivity contribution >= 4 is 43.0 Å². The first kappa shape index (κ1) is 15.4. The number of benzene rings is 1. The molecule has 0 atom stereocenters. The van der Waals surface area contributed by atoms with Crippen LogP contribution in [0.3, 0.4) is 0 Å². The molecule has 0 aliphatic carbocycles. The smallest absolute Gasteiger partial charge is 0.244 e. The molecule has 5 nitrogen and oxygen atoms in total. The van der Waals surface area contributed by atoms with Crippen LogP contribution in [0.2, 0.25) is 0 Å². The fraction of sp³-hybridized carbons (Fsp3) is 0.250. The minimum absolute atomic E-state index is 0.159. The number of nitrogen functional groups attached to an aromatic ring is 1. The van der Waals surface area contributed by atoms with E-state index < -0.39 is 10.0 Å². The molecule has 2 aromatic rings. The van der Waals surface area contributed by atoms with Crippen LogP contribution in [-0.2, 0) is 16.6 Å². The molecule has 0 aliphatic rings. The molecule has 2 N–H and O–H groups in total. The van der Waals surface area contributed by atoms with Crippen molar-refractivity contribution in [3.05, 3.63) is 38.8 Å². The molecule has 1 heterocycles. The zero-order valence-electron chi connectivity index (χ0n) is 11.0. The Morgan fingerprint density at radius 3 is 2.75 bits per heavy atom. The minimum atomic E-state index is -3.61. The van der Waals surface area contributed by atoms with Crippen molar-refractivity contribution in [2.75, 3.05) is 12.8 Å². The van der Waals surface area contributed by atoms with Crippen LogP contribution in [0.25, 0.3) is 0 Å². The van der Waals surface area contributed by atoms with Gasteiger partial charge in [-0.05, 0) is 41.1 Å². The largest absolute Gasteiger partial charge is 0.399 e. The molecular weight excluding hydrogens is 362 g/mol. The number of sulfonamides is 1. The lowest BCUT2D eigenvalue weighted by molar-refractivity contribution is 0.462. The highest BCUT2D eigenvalue weighted by atomic mass is 79.9. The normalized spacial score (nSPS) is 12.0. The average molecular weight is 376 g/mol. The Bertz CT molecular complexity index is 728. The third-order valence-electron chi connectivity index (χ3n) is 2.69. The fourth-order valence-corrected chi connectivity index (χ4v) is 4.38. The molecule has 0 amide bonds. The summed E-state index contributed by atoms with van der Waals surface area (Å²) >= 11 is 4.75. The number of nitrogens with zero attached hydrogens (tertiary/aromatic N) is 2. The second-order valence-electron chi connectivity index (χ2n) is 4.31. The van der Waals surface area contributed by atoms with Gasteiger partial charge in [0, 0.05) is 22.6 Å². The van der Waals surface area contributed by atoms with Crippen molar-refractivity contribution in [1.29, 1.82) is 0 Å². The quantitative estimate of drug-likeness (QED) is 0.833. The van der Waals surface area contributed by atoms with E-state index in [0.29, 0.717) is 10.2 Å². The van der Waals surface area contributed by atoms with Crippen LogP contribution in [0, 0.1) is 6.92 Å². The van der Waals surface area contributed by atoms with Gasteiger partial charge in [-0.2, -0.15) is 4.31 Å². The van der Waals surface area contributed by atoms with E-state index in [1.165, 1.54) is 28.8 Å². The second-order valence-corrected chi connectivity index (χ2v) is 8.24. The summed E-state index contributed by atoms with van der Waals surface area (Å²) in [5.74, 6) is 0. The first-order valence-corrected chi connectivity index (χ1v) is 8.84. The van der Waals surface area contributed by atoms with E-state index in [1.807, 2.05) is 12.3 Å². The molecule has 0 saturated heterocycles. The second kappa shape index (κ2) is 5.80. The predicted molar refractivity (Wildman–Crippen MR) is 84.1 cm³/mol. The molecule has 0 saturated carbocycles. The molecule has 108 valence electrons. The lowest BCUT2D eigenvalue weighted by atomic mass is 10.3. The van der Waals surface area contributed by atoms with Crippen LogP contribution in [-0.4, -0.2) is 24.8 Å². The Morgan fingerprint density at radius 1 is 1.45 bits per heavy atom. The van der Waals surface area contributed by atoms with Gasteiger partial charge in [-0.1, -0.05) is 0 Å². The van der Waals surface area contributed by atoms with Gasteiger partial charge in [-0.3, -0.25) is 0 Å². The van der Waals surface area contributed by atoms with Gasteiger partial charge in [0.25, 0.3) is 0 Å². The van der Waals surface area contributed by atoms with Gasteiger partial charge in [0.05, 0.1) is 22.1 Å². The van der Waals surface area contributed by atoms with E-state index in [1.54, 1.807) is 12.1 Å². The molecule has 2 rings (SSSR count). The molecule has 1 aromatic carbocycles. The van der Waals surface area contributed by atoms with Crippen LogP contribution >= 0.6 is 27.3 Å². The maximum atomic E-state index is 12.5. The van der Waals surface area contributed by atoms with E-state index >= 15 is 0 Å². The van der Waals surface area contributed by atoms with E-state index in [2.05, 4.69) is 20.9 Å². The topological polar surface area (TPSA) is 76.3 Å². The van der Waals surface area contributed by atoms with Crippen molar-refractivity contribution in [2.24, 2.45) is 0 Å². The number of aryl methyl sites for hydroxylation is 1. The zero-order valence-corrected chi connectivity index (χ0v) is 14.2. The molecule has 20 heavy (non-hydrogen) atoms. The van der Waals surface area contributed by atoms with E-state index in [-0.39, 0.29) is 11.4 Å². The third kappa shape index (κ3) is 3.20. The zero-order chi connectivity index (χ0) is 14.9. The number of halogens is 1. The van der Waals surface area contributed by atoms with Crippen LogP contribution in [0.4, 0.5) is 5.69 Å². The molecule has 0 bridgehead atoms. The van der Waals surface area contributed by atoms with Crippen molar-refractivity contribution in [1.82, 2.24) is 9.29 Å². The summed E-state index contributed by atoms with van der Waals surface area (Å²) in [7, 11) is -2.08. The lowest BCUT2D eigenvalue weighted by Crippen LogP contribution is -2.27. The van der Waals surface area contributed by atoms with Gasteiger partial charge in [0.1, 0.15) is 0 Å². The van der Waals surface area contributed by atoms with Gasteiger partial charge in [0.15, 0.2) is 0 Å². The summed E-state index contributed by atoms with van der Waals surface area (Å²) in [5.41, 5.74) is 6.81. The van der Waals surface area contributed by atoms with E-state index in [4.69, 9.17) is 5.73 Å². The minimum Gasteiger partial charge on any atom is -0.399 e. The Hall–Kier alpha value is -0.960. The van der Waals surface area contributed by atoms with Gasteiger partial charge >= 0.3 is 0 Å². The van der Waals surface area contributed by atoms with Gasteiger partial charge in [-0.15, -0.1) is 11.3 Å². The van der Waals surface area contributed by atoms with Gasteiger partial charge < -0.3 is 5.73 Å². The number of aromatic nitrogens is 1. The summed E-state index contributed by atoms with van der Waals surface area (Å²) in [6.45, 7) is 2.12. The number of nitrogens with two attached hydrogens (primary N) is 1. The van der Waals surface area contributed by atoms with Crippen LogP contribution < -0.4 is 5.73 Å². The van der Waals surface area contributed by atoms with E-state index in [9.17, 15) is 8.42 Å². The Labute approximate surface area is 130 Å². The number of anilines is 1. The summed E-state index contributed by atoms with van der Waals surface area (Å²) in [5, 5.41) is 2.77. The Kier molecular flexibility index (Phi) is 4.48. The van der Waals surface area contributed by atoms with Gasteiger partial charge in [-0.25, -0.2) is 13.4 Å². The predicted octanol–water partition coefficient (Wildman–Crippen LogP) is 2.62. The van der Waals surface area contributed by atoms with Crippen molar-refractivity contribution in [2.45, 2.75) is 18.4 Å². The monoisotopic (exact) mass is 375 g/mol. The maximum absolute atomic E-state index is 12.5. The maximum Gasteiger partial charge on any atom is 0.244 e. The summed E-state index contributed by atoms with van der Waals surface area (Å²) < 4.78 is 26.8. The van der Waals surface area contributed by atoms with Gasteiger partial charge in [0.2, 0.25) is 10.0 Å². The third-order valence-corrected chi connectivity index (χ3v) is 6.31. The highest BCUT2D eigenvalue weighted by Gasteiger charge is 2.24. The van der Waals surface area contributed by atoms with E-state index in [0.717, 1.165) is 10.7 Å². The molecule has 8 heteroatoms. The molecule has 0 spiro atoms. The summed E-state index contributed by atoms with van der Waals surface area (Å²) in [6.07, 6.45) is 0. The summed E-state index contributed by atoms with van der Waals surface area (Å²) in [6, 6.07) is 4.72. The number of hydrogen-bond donors (Lipinski definition) is 1. The molecule has 0 aliphatic heterocycles. The van der Waals surface area contributed by atoms with Crippen molar-refractivity contribution < 1.29 is 8.42 Å². The lowest BCUT2D eigenvalue weighted by Gasteiger charge is -2.17. The van der Waals surface area contributed by atoms with Crippen LogP contribution in [0.1, 0.15) is 10.7 Å². The van der Waals surface area contributed by atoms with Crippen LogP contribution in [0.15, 0.2) is 32.9 Å². The van der Waals surface area contributed by atoms with Crippen molar-refractivity contribution in [3.8, 4) is 0 Å². The number of rotatable bonds is 4. The molecule has 0 unspecified atom stereocenters. The molecular formula is C12H14BrN3O2S2. The fourth-order valence-electron chi connectivity index (χ4n) is 1.68.